The van der Waals surface area contributed by atoms with Crippen LogP contribution < -0.4 is 15.4 Å². The molecule has 1 atom stereocenters. The van der Waals surface area contributed by atoms with Crippen LogP contribution >= 0.6 is 11.3 Å². The van der Waals surface area contributed by atoms with Crippen LogP contribution in [0.4, 0.5) is 10.9 Å². The standard InChI is InChI=1S/C30H27N5O2S/c1-19-9-7-12-22(17-19)26-27(38-30(34-26)35-28(36)24-13-8-15-32-29(24)37-3)23-14-16-31-25(18-23)33-20(2)21-10-5-4-6-11-21/h4-18,20H,1-3H3,(H,31,33)(H,34,35,36)/t20-/m0/s1. The van der Waals surface area contributed by atoms with Crippen molar-refractivity contribution in [1.29, 1.82) is 0 Å². The van der Waals surface area contributed by atoms with Crippen molar-refractivity contribution in [2.24, 2.45) is 0 Å². The van der Waals surface area contributed by atoms with E-state index in [-0.39, 0.29) is 17.8 Å². The number of methoxy groups -OCH3 is 1. The molecule has 0 fully saturated rings. The summed E-state index contributed by atoms with van der Waals surface area (Å²) in [5, 5.41) is 6.91. The Labute approximate surface area is 225 Å². The molecule has 5 rings (SSSR count). The predicted octanol–water partition coefficient (Wildman–Crippen LogP) is 7.01. The van der Waals surface area contributed by atoms with Crippen LogP contribution in [-0.4, -0.2) is 28.0 Å². The lowest BCUT2D eigenvalue weighted by molar-refractivity contribution is 0.102. The first-order chi connectivity index (χ1) is 18.5. The Kier molecular flexibility index (Phi) is 7.42. The summed E-state index contributed by atoms with van der Waals surface area (Å²) in [7, 11) is 1.49. The molecule has 8 heteroatoms. The van der Waals surface area contributed by atoms with Gasteiger partial charge in [0.2, 0.25) is 5.88 Å². The number of nitrogens with one attached hydrogen (secondary N) is 2. The largest absolute Gasteiger partial charge is 0.480 e. The molecule has 0 aliphatic heterocycles. The molecule has 0 saturated heterocycles. The average molecular weight is 522 g/mol. The summed E-state index contributed by atoms with van der Waals surface area (Å²) in [6, 6.07) is 25.8. The molecule has 2 N–H and O–H groups in total. The van der Waals surface area contributed by atoms with Crippen LogP contribution in [0.3, 0.4) is 0 Å². The maximum Gasteiger partial charge on any atom is 0.262 e. The summed E-state index contributed by atoms with van der Waals surface area (Å²) in [5.41, 5.74) is 5.36. The van der Waals surface area contributed by atoms with Crippen LogP contribution in [0, 0.1) is 6.92 Å². The monoisotopic (exact) mass is 521 g/mol. The van der Waals surface area contributed by atoms with E-state index < -0.39 is 0 Å². The molecule has 3 heterocycles. The van der Waals surface area contributed by atoms with Crippen LogP contribution in [0.2, 0.25) is 0 Å². The Morgan fingerprint density at radius 3 is 2.55 bits per heavy atom. The van der Waals surface area contributed by atoms with E-state index in [1.165, 1.54) is 24.0 Å². The van der Waals surface area contributed by atoms with E-state index in [4.69, 9.17) is 9.72 Å². The maximum atomic E-state index is 13.1. The van der Waals surface area contributed by atoms with E-state index in [2.05, 4.69) is 45.7 Å². The molecule has 0 radical (unpaired) electrons. The van der Waals surface area contributed by atoms with Gasteiger partial charge in [0.25, 0.3) is 5.91 Å². The maximum absolute atomic E-state index is 13.1. The summed E-state index contributed by atoms with van der Waals surface area (Å²) in [5.74, 6) is 0.686. The third-order valence-electron chi connectivity index (χ3n) is 6.03. The molecule has 0 aliphatic carbocycles. The number of amides is 1. The van der Waals surface area contributed by atoms with Gasteiger partial charge in [-0.3, -0.25) is 10.1 Å². The number of aromatic nitrogens is 3. The first kappa shape index (κ1) is 25.1. The van der Waals surface area contributed by atoms with Crippen molar-refractivity contribution in [3.05, 3.63) is 108 Å². The molecule has 7 nitrogen and oxygen atoms in total. The second-order valence-electron chi connectivity index (χ2n) is 8.79. The van der Waals surface area contributed by atoms with Gasteiger partial charge in [-0.1, -0.05) is 65.4 Å². The van der Waals surface area contributed by atoms with E-state index >= 15 is 0 Å². The molecule has 0 bridgehead atoms. The third kappa shape index (κ3) is 5.55. The summed E-state index contributed by atoms with van der Waals surface area (Å²) in [4.78, 5) is 27.5. The fraction of sp³-hybridized carbons (Fsp3) is 0.133. The minimum atomic E-state index is -0.334. The number of thiazole rings is 1. The lowest BCUT2D eigenvalue weighted by atomic mass is 10.1. The number of benzene rings is 2. The number of aryl methyl sites for hydroxylation is 1. The molecule has 1 amide bonds. The molecule has 0 saturated carbocycles. The number of hydrogen-bond acceptors (Lipinski definition) is 7. The summed E-state index contributed by atoms with van der Waals surface area (Å²) < 4.78 is 5.26. The van der Waals surface area contributed by atoms with E-state index in [1.807, 2.05) is 55.5 Å². The average Bonchev–Trinajstić information content (AvgIpc) is 3.37. The number of carbonyl (C=O) groups excluding carboxylic acids is 1. The number of rotatable bonds is 8. The van der Waals surface area contributed by atoms with Gasteiger partial charge in [-0.15, -0.1) is 0 Å². The van der Waals surface area contributed by atoms with Gasteiger partial charge >= 0.3 is 0 Å². The van der Waals surface area contributed by atoms with Crippen molar-refractivity contribution in [2.45, 2.75) is 19.9 Å². The normalized spacial score (nSPS) is 11.6. The molecule has 0 unspecified atom stereocenters. The molecule has 0 aliphatic rings. The second kappa shape index (κ2) is 11.2. The van der Waals surface area contributed by atoms with Crippen molar-refractivity contribution >= 4 is 28.2 Å². The number of hydrogen-bond donors (Lipinski definition) is 2. The highest BCUT2D eigenvalue weighted by Gasteiger charge is 2.20. The molecule has 2 aromatic carbocycles. The molecular weight excluding hydrogens is 494 g/mol. The van der Waals surface area contributed by atoms with Gasteiger partial charge in [0.15, 0.2) is 5.13 Å². The Bertz CT molecular complexity index is 1570. The minimum Gasteiger partial charge on any atom is -0.480 e. The molecule has 5 aromatic rings. The number of anilines is 2. The Hall–Kier alpha value is -4.56. The van der Waals surface area contributed by atoms with Crippen molar-refractivity contribution in [1.82, 2.24) is 15.0 Å². The van der Waals surface area contributed by atoms with Gasteiger partial charge in [-0.25, -0.2) is 15.0 Å². The number of ether oxygens (including phenoxy) is 1. The fourth-order valence-corrected chi connectivity index (χ4v) is 5.12. The number of pyridine rings is 2. The fourth-order valence-electron chi connectivity index (χ4n) is 4.15. The minimum absolute atomic E-state index is 0.0842. The molecule has 0 spiro atoms. The first-order valence-corrected chi connectivity index (χ1v) is 13.0. The topological polar surface area (TPSA) is 89.0 Å². The Morgan fingerprint density at radius 1 is 0.921 bits per heavy atom. The first-order valence-electron chi connectivity index (χ1n) is 12.2. The summed E-state index contributed by atoms with van der Waals surface area (Å²) in [6.07, 6.45) is 3.37. The van der Waals surface area contributed by atoms with Crippen LogP contribution in [0.25, 0.3) is 21.7 Å². The Balaban J connectivity index is 1.50. The van der Waals surface area contributed by atoms with Crippen molar-refractivity contribution in [3.63, 3.8) is 0 Å². The molecule has 38 heavy (non-hydrogen) atoms. The van der Waals surface area contributed by atoms with Crippen molar-refractivity contribution < 1.29 is 9.53 Å². The second-order valence-corrected chi connectivity index (χ2v) is 9.79. The molecular formula is C30H27N5O2S. The molecule has 190 valence electrons. The predicted molar refractivity (Wildman–Crippen MR) is 153 cm³/mol. The van der Waals surface area contributed by atoms with Gasteiger partial charge < -0.3 is 10.1 Å². The summed E-state index contributed by atoms with van der Waals surface area (Å²) in [6.45, 7) is 4.15. The van der Waals surface area contributed by atoms with E-state index in [0.29, 0.717) is 10.7 Å². The highest BCUT2D eigenvalue weighted by Crippen LogP contribution is 2.40. The van der Waals surface area contributed by atoms with E-state index in [0.717, 1.165) is 33.1 Å². The SMILES string of the molecule is COc1ncccc1C(=O)Nc1nc(-c2cccc(C)c2)c(-c2ccnc(N[C@@H](C)c3ccccc3)c2)s1. The lowest BCUT2D eigenvalue weighted by Gasteiger charge is -2.15. The quantitative estimate of drug-likeness (QED) is 0.228. The highest BCUT2D eigenvalue weighted by molar-refractivity contribution is 7.19. The number of nitrogens with zero attached hydrogens (tertiary/aromatic N) is 3. The van der Waals surface area contributed by atoms with Crippen LogP contribution in [-0.2, 0) is 0 Å². The smallest absolute Gasteiger partial charge is 0.262 e. The number of carbonyl (C=O) groups is 1. The van der Waals surface area contributed by atoms with Gasteiger partial charge in [0.1, 0.15) is 11.4 Å². The Morgan fingerprint density at radius 2 is 1.76 bits per heavy atom. The van der Waals surface area contributed by atoms with Crippen molar-refractivity contribution in [3.8, 4) is 27.6 Å². The van der Waals surface area contributed by atoms with Gasteiger partial charge in [0.05, 0.1) is 17.7 Å². The van der Waals surface area contributed by atoms with E-state index in [9.17, 15) is 4.79 Å². The van der Waals surface area contributed by atoms with Crippen LogP contribution in [0.5, 0.6) is 5.88 Å². The lowest BCUT2D eigenvalue weighted by Crippen LogP contribution is -2.13. The zero-order valence-electron chi connectivity index (χ0n) is 21.3. The van der Waals surface area contributed by atoms with Crippen LogP contribution in [0.15, 0.2) is 91.3 Å². The summed E-state index contributed by atoms with van der Waals surface area (Å²) >= 11 is 1.41. The van der Waals surface area contributed by atoms with Gasteiger partial charge in [0, 0.05) is 24.0 Å². The van der Waals surface area contributed by atoms with Gasteiger partial charge in [-0.05, 0) is 55.3 Å². The molecule has 3 aromatic heterocycles. The zero-order valence-corrected chi connectivity index (χ0v) is 22.1. The highest BCUT2D eigenvalue weighted by atomic mass is 32.1. The van der Waals surface area contributed by atoms with E-state index in [1.54, 1.807) is 24.5 Å². The third-order valence-corrected chi connectivity index (χ3v) is 7.05. The van der Waals surface area contributed by atoms with Gasteiger partial charge in [-0.2, -0.15) is 0 Å². The van der Waals surface area contributed by atoms with Crippen molar-refractivity contribution in [2.75, 3.05) is 17.7 Å². The van der Waals surface area contributed by atoms with Crippen LogP contribution in [0.1, 0.15) is 34.5 Å². The zero-order chi connectivity index (χ0) is 26.5.